The number of allylic oxidation sites excluding steroid dienone is 2. The Hall–Kier alpha value is -3.28. The van der Waals surface area contributed by atoms with Crippen molar-refractivity contribution < 1.29 is 28.5 Å². The van der Waals surface area contributed by atoms with Gasteiger partial charge in [-0.1, -0.05) is 0 Å². The van der Waals surface area contributed by atoms with E-state index < -0.39 is 5.97 Å². The summed E-state index contributed by atoms with van der Waals surface area (Å²) < 4.78 is 21.3. The Bertz CT molecular complexity index is 922. The number of ketones is 1. The Morgan fingerprint density at radius 2 is 1.69 bits per heavy atom. The summed E-state index contributed by atoms with van der Waals surface area (Å²) in [5.74, 6) is 1.19. The molecule has 0 aromatic heterocycles. The van der Waals surface area contributed by atoms with Gasteiger partial charge in [0.05, 0.1) is 25.3 Å². The molecule has 0 saturated heterocycles. The Morgan fingerprint density at radius 1 is 0.962 bits per heavy atom. The summed E-state index contributed by atoms with van der Waals surface area (Å²) in [4.78, 5) is 24.6. The van der Waals surface area contributed by atoms with Gasteiger partial charge in [0.2, 0.25) is 5.78 Å². The minimum absolute atomic E-state index is 0.169. The predicted molar refractivity (Wildman–Crippen MR) is 94.3 cm³/mol. The highest BCUT2D eigenvalue weighted by atomic mass is 16.5. The summed E-state index contributed by atoms with van der Waals surface area (Å²) in [6.07, 6.45) is 0. The van der Waals surface area contributed by atoms with E-state index in [4.69, 9.17) is 18.9 Å². The number of ether oxygens (including phenoxy) is 4. The lowest BCUT2D eigenvalue weighted by atomic mass is 10.1. The maximum absolute atomic E-state index is 12.4. The van der Waals surface area contributed by atoms with E-state index >= 15 is 0 Å². The summed E-state index contributed by atoms with van der Waals surface area (Å²) >= 11 is 0. The van der Waals surface area contributed by atoms with E-state index in [0.717, 1.165) is 5.57 Å². The van der Waals surface area contributed by atoms with Crippen molar-refractivity contribution in [2.45, 2.75) is 13.8 Å². The molecular weight excluding hydrogens is 336 g/mol. The van der Waals surface area contributed by atoms with Crippen LogP contribution in [-0.4, -0.2) is 26.0 Å². The number of hydrogen-bond acceptors (Lipinski definition) is 6. The van der Waals surface area contributed by atoms with Gasteiger partial charge in [-0.3, -0.25) is 4.79 Å². The Morgan fingerprint density at radius 3 is 2.35 bits per heavy atom. The van der Waals surface area contributed by atoms with Crippen molar-refractivity contribution >= 4 is 11.8 Å². The number of carbonyl (C=O) groups excluding carboxylic acids is 2. The first kappa shape index (κ1) is 17.5. The second-order valence-electron chi connectivity index (χ2n) is 5.88. The topological polar surface area (TPSA) is 71.1 Å². The average Bonchev–Trinajstić information content (AvgIpc) is 2.97. The second kappa shape index (κ2) is 6.92. The molecule has 134 valence electrons. The number of rotatable bonds is 4. The fourth-order valence-electron chi connectivity index (χ4n) is 2.58. The molecule has 6 nitrogen and oxygen atoms in total. The zero-order valence-corrected chi connectivity index (χ0v) is 14.9. The van der Waals surface area contributed by atoms with Crippen LogP contribution in [0.5, 0.6) is 23.0 Å². The van der Waals surface area contributed by atoms with Crippen LogP contribution in [0.1, 0.15) is 34.6 Å². The lowest BCUT2D eigenvalue weighted by molar-refractivity contribution is 0.0734. The SMILES string of the molecule is COc1ccc(C(=O)Oc2ccc3c(c2)OC(=C(C)C)C3=O)cc1OC. The number of Topliss-reactive ketones (excluding diaryl/α,β-unsaturated/α-hetero) is 1. The monoisotopic (exact) mass is 354 g/mol. The van der Waals surface area contributed by atoms with Crippen LogP contribution in [-0.2, 0) is 0 Å². The van der Waals surface area contributed by atoms with E-state index in [-0.39, 0.29) is 11.5 Å². The van der Waals surface area contributed by atoms with Crippen LogP contribution < -0.4 is 18.9 Å². The molecule has 0 amide bonds. The molecule has 1 heterocycles. The number of fused-ring (bicyclic) bond motifs is 1. The number of carbonyl (C=O) groups is 2. The first-order valence-corrected chi connectivity index (χ1v) is 7.93. The van der Waals surface area contributed by atoms with Gasteiger partial charge in [-0.25, -0.2) is 4.79 Å². The Labute approximate surface area is 150 Å². The van der Waals surface area contributed by atoms with E-state index in [9.17, 15) is 9.59 Å². The fourth-order valence-corrected chi connectivity index (χ4v) is 2.58. The standard InChI is InChI=1S/C20H18O6/c1-11(2)19-18(21)14-7-6-13(10-16(14)26-19)25-20(22)12-5-8-15(23-3)17(9-12)24-4/h5-10H,1-4H3. The van der Waals surface area contributed by atoms with Crippen LogP contribution in [0.2, 0.25) is 0 Å². The summed E-state index contributed by atoms with van der Waals surface area (Å²) in [6.45, 7) is 3.61. The van der Waals surface area contributed by atoms with E-state index in [1.165, 1.54) is 26.4 Å². The van der Waals surface area contributed by atoms with Crippen molar-refractivity contribution in [2.24, 2.45) is 0 Å². The predicted octanol–water partition coefficient (Wildman–Crippen LogP) is 3.79. The normalized spacial score (nSPS) is 12.3. The molecule has 0 saturated carbocycles. The first-order valence-electron chi connectivity index (χ1n) is 7.93. The van der Waals surface area contributed by atoms with Gasteiger partial charge in [0.1, 0.15) is 11.5 Å². The summed E-state index contributed by atoms with van der Waals surface area (Å²) in [6, 6.07) is 9.43. The van der Waals surface area contributed by atoms with Gasteiger partial charge in [-0.2, -0.15) is 0 Å². The molecule has 26 heavy (non-hydrogen) atoms. The summed E-state index contributed by atoms with van der Waals surface area (Å²) in [5.41, 5.74) is 1.55. The molecule has 0 unspecified atom stereocenters. The smallest absolute Gasteiger partial charge is 0.343 e. The fraction of sp³-hybridized carbons (Fsp3) is 0.200. The van der Waals surface area contributed by atoms with Crippen LogP contribution >= 0.6 is 0 Å². The Kier molecular flexibility index (Phi) is 4.67. The lowest BCUT2D eigenvalue weighted by Gasteiger charge is -2.10. The van der Waals surface area contributed by atoms with Crippen LogP contribution in [0, 0.1) is 0 Å². The van der Waals surface area contributed by atoms with Gasteiger partial charge < -0.3 is 18.9 Å². The highest BCUT2D eigenvalue weighted by Gasteiger charge is 2.28. The molecule has 1 aliphatic heterocycles. The first-order chi connectivity index (χ1) is 12.4. The van der Waals surface area contributed by atoms with Gasteiger partial charge in [-0.15, -0.1) is 0 Å². The van der Waals surface area contributed by atoms with E-state index in [0.29, 0.717) is 34.1 Å². The second-order valence-corrected chi connectivity index (χ2v) is 5.88. The van der Waals surface area contributed by atoms with Crippen LogP contribution in [0.25, 0.3) is 0 Å². The number of hydrogen-bond donors (Lipinski definition) is 0. The molecule has 2 aromatic rings. The molecule has 0 fully saturated rings. The van der Waals surface area contributed by atoms with Crippen molar-refractivity contribution in [3.8, 4) is 23.0 Å². The zero-order chi connectivity index (χ0) is 18.8. The Balaban J connectivity index is 1.83. The van der Waals surface area contributed by atoms with Crippen LogP contribution in [0.4, 0.5) is 0 Å². The molecule has 1 aliphatic rings. The number of esters is 1. The minimum Gasteiger partial charge on any atom is -0.493 e. The molecule has 0 N–H and O–H groups in total. The van der Waals surface area contributed by atoms with E-state index in [2.05, 4.69) is 0 Å². The molecule has 3 rings (SSSR count). The van der Waals surface area contributed by atoms with Gasteiger partial charge in [0.15, 0.2) is 17.3 Å². The van der Waals surface area contributed by atoms with Crippen molar-refractivity contribution in [3.05, 3.63) is 58.9 Å². The largest absolute Gasteiger partial charge is 0.493 e. The molecular formula is C20H18O6. The molecule has 0 radical (unpaired) electrons. The zero-order valence-electron chi connectivity index (χ0n) is 14.9. The van der Waals surface area contributed by atoms with Crippen LogP contribution in [0.15, 0.2) is 47.7 Å². The molecule has 0 aliphatic carbocycles. The number of methoxy groups -OCH3 is 2. The minimum atomic E-state index is -0.558. The summed E-state index contributed by atoms with van der Waals surface area (Å²) in [5, 5.41) is 0. The molecule has 0 spiro atoms. The van der Waals surface area contributed by atoms with Crippen molar-refractivity contribution in [2.75, 3.05) is 14.2 Å². The maximum Gasteiger partial charge on any atom is 0.343 e. The van der Waals surface area contributed by atoms with E-state index in [1.54, 1.807) is 38.1 Å². The lowest BCUT2D eigenvalue weighted by Crippen LogP contribution is -2.09. The maximum atomic E-state index is 12.4. The molecule has 0 bridgehead atoms. The van der Waals surface area contributed by atoms with Crippen molar-refractivity contribution in [1.82, 2.24) is 0 Å². The summed E-state index contributed by atoms with van der Waals surface area (Å²) in [7, 11) is 3.00. The third-order valence-corrected chi connectivity index (χ3v) is 3.90. The number of benzene rings is 2. The van der Waals surface area contributed by atoms with Crippen LogP contribution in [0.3, 0.4) is 0 Å². The van der Waals surface area contributed by atoms with E-state index in [1.807, 2.05) is 0 Å². The van der Waals surface area contributed by atoms with Gasteiger partial charge in [-0.05, 0) is 49.8 Å². The quantitative estimate of drug-likeness (QED) is 0.473. The third kappa shape index (κ3) is 3.13. The van der Waals surface area contributed by atoms with Gasteiger partial charge in [0, 0.05) is 6.07 Å². The molecule has 6 heteroatoms. The third-order valence-electron chi connectivity index (χ3n) is 3.90. The average molecular weight is 354 g/mol. The van der Waals surface area contributed by atoms with Gasteiger partial charge >= 0.3 is 5.97 Å². The highest BCUT2D eigenvalue weighted by Crippen LogP contribution is 2.35. The van der Waals surface area contributed by atoms with Gasteiger partial charge in [0.25, 0.3) is 0 Å². The van der Waals surface area contributed by atoms with Crippen molar-refractivity contribution in [3.63, 3.8) is 0 Å². The van der Waals surface area contributed by atoms with Crippen molar-refractivity contribution in [1.29, 1.82) is 0 Å². The molecule has 0 atom stereocenters. The highest BCUT2D eigenvalue weighted by molar-refractivity contribution is 6.12. The molecule has 2 aromatic carbocycles.